The van der Waals surface area contributed by atoms with Gasteiger partial charge in [0.25, 0.3) is 0 Å². The lowest BCUT2D eigenvalue weighted by Gasteiger charge is -2.08. The van der Waals surface area contributed by atoms with Gasteiger partial charge in [-0.05, 0) is 18.9 Å². The summed E-state index contributed by atoms with van der Waals surface area (Å²) in [5.74, 6) is 1.62. The van der Waals surface area contributed by atoms with E-state index in [-0.39, 0.29) is 5.91 Å². The number of hydrogen-bond donors (Lipinski definition) is 1. The minimum Gasteiger partial charge on any atom is -0.355 e. The maximum absolute atomic E-state index is 11.8. The van der Waals surface area contributed by atoms with Crippen LogP contribution in [0.25, 0.3) is 10.9 Å². The number of nitrogens with zero attached hydrogens (tertiary/aromatic N) is 2. The highest BCUT2D eigenvalue weighted by molar-refractivity contribution is 8.00. The average molecular weight is 289 g/mol. The Morgan fingerprint density at radius 1 is 1.30 bits per heavy atom. The largest absolute Gasteiger partial charge is 0.355 e. The second-order valence-corrected chi connectivity index (χ2v) is 6.04. The molecule has 2 rings (SSSR count). The predicted octanol–water partition coefficient (Wildman–Crippen LogP) is 2.80. The molecule has 0 saturated carbocycles. The van der Waals surface area contributed by atoms with E-state index in [1.165, 1.54) is 11.8 Å². The van der Waals surface area contributed by atoms with Gasteiger partial charge in [-0.15, -0.1) is 0 Å². The van der Waals surface area contributed by atoms with E-state index in [4.69, 9.17) is 0 Å². The summed E-state index contributed by atoms with van der Waals surface area (Å²) < 4.78 is 0. The van der Waals surface area contributed by atoms with Gasteiger partial charge in [-0.1, -0.05) is 43.8 Å². The SMILES string of the molecule is Cc1nc(SCC(=O)NCC(C)C)c2ccccc2n1. The predicted molar refractivity (Wildman–Crippen MR) is 82.8 cm³/mol. The minimum absolute atomic E-state index is 0.0454. The van der Waals surface area contributed by atoms with Gasteiger partial charge in [0, 0.05) is 11.9 Å². The second kappa shape index (κ2) is 6.70. The van der Waals surface area contributed by atoms with Crippen LogP contribution in [0.1, 0.15) is 19.7 Å². The zero-order chi connectivity index (χ0) is 14.5. The molecule has 0 bridgehead atoms. The normalized spacial score (nSPS) is 11.0. The van der Waals surface area contributed by atoms with Crippen LogP contribution in [0.2, 0.25) is 0 Å². The summed E-state index contributed by atoms with van der Waals surface area (Å²) in [6.07, 6.45) is 0. The monoisotopic (exact) mass is 289 g/mol. The molecule has 1 aromatic heterocycles. The third-order valence-electron chi connectivity index (χ3n) is 2.73. The number of thioether (sulfide) groups is 1. The number of benzene rings is 1. The Hall–Kier alpha value is -1.62. The fourth-order valence-electron chi connectivity index (χ4n) is 1.77. The van der Waals surface area contributed by atoms with Gasteiger partial charge in [0.2, 0.25) is 5.91 Å². The van der Waals surface area contributed by atoms with Gasteiger partial charge < -0.3 is 5.32 Å². The first-order valence-corrected chi connectivity index (χ1v) is 7.67. The van der Waals surface area contributed by atoms with E-state index in [1.807, 2.05) is 31.2 Å². The van der Waals surface area contributed by atoms with Gasteiger partial charge in [-0.2, -0.15) is 0 Å². The van der Waals surface area contributed by atoms with Gasteiger partial charge in [0.1, 0.15) is 10.9 Å². The molecule has 1 aromatic carbocycles. The highest BCUT2D eigenvalue weighted by atomic mass is 32.2. The first-order chi connectivity index (χ1) is 9.56. The van der Waals surface area contributed by atoms with Crippen molar-refractivity contribution in [1.82, 2.24) is 15.3 Å². The first kappa shape index (κ1) is 14.8. The number of carbonyl (C=O) groups excluding carboxylic acids is 1. The Bertz CT molecular complexity index is 613. The lowest BCUT2D eigenvalue weighted by Crippen LogP contribution is -2.28. The van der Waals surface area contributed by atoms with Crippen LogP contribution in [-0.2, 0) is 4.79 Å². The summed E-state index contributed by atoms with van der Waals surface area (Å²) in [7, 11) is 0. The number of nitrogens with one attached hydrogen (secondary N) is 1. The lowest BCUT2D eigenvalue weighted by molar-refractivity contribution is -0.118. The molecule has 5 heteroatoms. The van der Waals surface area contributed by atoms with Crippen LogP contribution < -0.4 is 5.32 Å². The third kappa shape index (κ3) is 3.93. The number of rotatable bonds is 5. The van der Waals surface area contributed by atoms with Crippen molar-refractivity contribution in [1.29, 1.82) is 0 Å². The molecular formula is C15H19N3OS. The Morgan fingerprint density at radius 2 is 2.05 bits per heavy atom. The molecule has 0 spiro atoms. The molecule has 0 aliphatic rings. The van der Waals surface area contributed by atoms with Crippen molar-refractivity contribution >= 4 is 28.6 Å². The van der Waals surface area contributed by atoms with E-state index in [9.17, 15) is 4.79 Å². The van der Waals surface area contributed by atoms with Crippen molar-refractivity contribution in [2.45, 2.75) is 25.8 Å². The molecule has 0 unspecified atom stereocenters. The Kier molecular flexibility index (Phi) is 4.95. The van der Waals surface area contributed by atoms with Crippen molar-refractivity contribution in [2.75, 3.05) is 12.3 Å². The molecule has 106 valence electrons. The molecule has 0 aliphatic heterocycles. The zero-order valence-electron chi connectivity index (χ0n) is 12.0. The third-order valence-corrected chi connectivity index (χ3v) is 3.72. The second-order valence-electron chi connectivity index (χ2n) is 5.08. The van der Waals surface area contributed by atoms with Gasteiger partial charge in [-0.25, -0.2) is 9.97 Å². The molecule has 2 aromatic rings. The lowest BCUT2D eigenvalue weighted by atomic mass is 10.2. The zero-order valence-corrected chi connectivity index (χ0v) is 12.8. The molecule has 0 aliphatic carbocycles. The van der Waals surface area contributed by atoms with E-state index in [0.29, 0.717) is 18.2 Å². The number of amides is 1. The first-order valence-electron chi connectivity index (χ1n) is 6.69. The standard InChI is InChI=1S/C15H19N3OS/c1-10(2)8-16-14(19)9-20-15-12-6-4-5-7-13(12)17-11(3)18-15/h4-7,10H,8-9H2,1-3H3,(H,16,19). The summed E-state index contributed by atoms with van der Waals surface area (Å²) in [5.41, 5.74) is 0.921. The molecule has 20 heavy (non-hydrogen) atoms. The molecule has 1 amide bonds. The van der Waals surface area contributed by atoms with Crippen LogP contribution in [0.5, 0.6) is 0 Å². The van der Waals surface area contributed by atoms with Crippen LogP contribution >= 0.6 is 11.8 Å². The maximum atomic E-state index is 11.8. The fourth-order valence-corrected chi connectivity index (χ4v) is 2.67. The molecule has 4 nitrogen and oxygen atoms in total. The van der Waals surface area contributed by atoms with Crippen LogP contribution in [0.4, 0.5) is 0 Å². The molecule has 0 atom stereocenters. The minimum atomic E-state index is 0.0454. The average Bonchev–Trinajstić information content (AvgIpc) is 2.42. The van der Waals surface area contributed by atoms with Crippen molar-refractivity contribution in [2.24, 2.45) is 5.92 Å². The van der Waals surface area contributed by atoms with Crippen molar-refractivity contribution < 1.29 is 4.79 Å². The summed E-state index contributed by atoms with van der Waals surface area (Å²) in [6.45, 7) is 6.74. The molecule has 0 saturated heterocycles. The van der Waals surface area contributed by atoms with E-state index < -0.39 is 0 Å². The number of para-hydroxylation sites is 1. The van der Waals surface area contributed by atoms with E-state index in [0.717, 1.165) is 21.8 Å². The summed E-state index contributed by atoms with van der Waals surface area (Å²) >= 11 is 1.46. The van der Waals surface area contributed by atoms with Crippen LogP contribution in [0, 0.1) is 12.8 Å². The van der Waals surface area contributed by atoms with Crippen LogP contribution in [0.3, 0.4) is 0 Å². The highest BCUT2D eigenvalue weighted by Crippen LogP contribution is 2.24. The van der Waals surface area contributed by atoms with E-state index in [2.05, 4.69) is 29.1 Å². The molecular weight excluding hydrogens is 270 g/mol. The molecule has 0 radical (unpaired) electrons. The highest BCUT2D eigenvalue weighted by Gasteiger charge is 2.09. The molecule has 1 heterocycles. The Labute approximate surface area is 123 Å². The van der Waals surface area contributed by atoms with Crippen LogP contribution in [0.15, 0.2) is 29.3 Å². The van der Waals surface area contributed by atoms with Crippen LogP contribution in [-0.4, -0.2) is 28.2 Å². The maximum Gasteiger partial charge on any atom is 0.230 e. The van der Waals surface area contributed by atoms with Crippen molar-refractivity contribution in [3.8, 4) is 0 Å². The van der Waals surface area contributed by atoms with E-state index in [1.54, 1.807) is 0 Å². The topological polar surface area (TPSA) is 54.9 Å². The number of hydrogen-bond acceptors (Lipinski definition) is 4. The number of aromatic nitrogens is 2. The Morgan fingerprint density at radius 3 is 2.80 bits per heavy atom. The van der Waals surface area contributed by atoms with E-state index >= 15 is 0 Å². The van der Waals surface area contributed by atoms with Gasteiger partial charge in [0.15, 0.2) is 0 Å². The van der Waals surface area contributed by atoms with Gasteiger partial charge in [0.05, 0.1) is 11.3 Å². The number of fused-ring (bicyclic) bond motifs is 1. The van der Waals surface area contributed by atoms with Gasteiger partial charge >= 0.3 is 0 Å². The summed E-state index contributed by atoms with van der Waals surface area (Å²) in [6, 6.07) is 7.87. The fraction of sp³-hybridized carbons (Fsp3) is 0.400. The summed E-state index contributed by atoms with van der Waals surface area (Å²) in [5, 5.41) is 4.78. The number of carbonyl (C=O) groups is 1. The Balaban J connectivity index is 2.08. The van der Waals surface area contributed by atoms with Crippen molar-refractivity contribution in [3.63, 3.8) is 0 Å². The smallest absolute Gasteiger partial charge is 0.230 e. The summed E-state index contributed by atoms with van der Waals surface area (Å²) in [4.78, 5) is 20.6. The van der Waals surface area contributed by atoms with Gasteiger partial charge in [-0.3, -0.25) is 4.79 Å². The molecule has 1 N–H and O–H groups in total. The molecule has 0 fully saturated rings. The quantitative estimate of drug-likeness (QED) is 0.679. The van der Waals surface area contributed by atoms with Crippen molar-refractivity contribution in [3.05, 3.63) is 30.1 Å². The number of aryl methyl sites for hydroxylation is 1.